The molecule has 0 spiro atoms. The largest absolute Gasteiger partial charge is 0.337 e. The number of carbonyl (C=O) groups is 1. The summed E-state index contributed by atoms with van der Waals surface area (Å²) in [5, 5.41) is 0. The fourth-order valence-electron chi connectivity index (χ4n) is 2.69. The maximum absolute atomic E-state index is 12.5. The standard InChI is InChI=1S/C15H18N4O2/c1-10-4-6-19-13(7-10)17-8-12(15(19)21)14(20)18-5-2-3-11(16)9-18/h4,6-8,11H,2-3,5,9,16H2,1H3/t11-/m1/s1. The topological polar surface area (TPSA) is 80.7 Å². The molecule has 0 bridgehead atoms. The number of nitrogens with two attached hydrogens (primary N) is 1. The lowest BCUT2D eigenvalue weighted by molar-refractivity contribution is 0.0706. The summed E-state index contributed by atoms with van der Waals surface area (Å²) in [4.78, 5) is 30.8. The van der Waals surface area contributed by atoms with Gasteiger partial charge in [0.1, 0.15) is 11.2 Å². The van der Waals surface area contributed by atoms with Crippen molar-refractivity contribution in [1.82, 2.24) is 14.3 Å². The van der Waals surface area contributed by atoms with Gasteiger partial charge in [-0.15, -0.1) is 0 Å². The van der Waals surface area contributed by atoms with Crippen molar-refractivity contribution in [1.29, 1.82) is 0 Å². The predicted molar refractivity (Wildman–Crippen MR) is 79.3 cm³/mol. The monoisotopic (exact) mass is 286 g/mol. The first-order valence-electron chi connectivity index (χ1n) is 7.09. The molecule has 2 N–H and O–H groups in total. The van der Waals surface area contributed by atoms with Crippen LogP contribution in [0.4, 0.5) is 0 Å². The molecule has 2 aromatic rings. The molecule has 21 heavy (non-hydrogen) atoms. The molecule has 0 aromatic carbocycles. The molecule has 2 aromatic heterocycles. The van der Waals surface area contributed by atoms with Crippen molar-refractivity contribution >= 4 is 11.6 Å². The third-order valence-electron chi connectivity index (χ3n) is 3.84. The van der Waals surface area contributed by atoms with Crippen LogP contribution in [-0.2, 0) is 0 Å². The van der Waals surface area contributed by atoms with Crippen LogP contribution in [0, 0.1) is 6.92 Å². The lowest BCUT2D eigenvalue weighted by Crippen LogP contribution is -2.47. The normalized spacial score (nSPS) is 19.0. The number of piperidine rings is 1. The zero-order chi connectivity index (χ0) is 15.0. The molecule has 1 atom stereocenters. The van der Waals surface area contributed by atoms with Gasteiger partial charge in [-0.25, -0.2) is 4.98 Å². The van der Waals surface area contributed by atoms with E-state index < -0.39 is 0 Å². The summed E-state index contributed by atoms with van der Waals surface area (Å²) in [6.45, 7) is 3.07. The van der Waals surface area contributed by atoms with Gasteiger partial charge in [0.25, 0.3) is 11.5 Å². The number of rotatable bonds is 1. The molecule has 1 saturated heterocycles. The highest BCUT2D eigenvalue weighted by Gasteiger charge is 2.24. The van der Waals surface area contributed by atoms with Gasteiger partial charge in [0.2, 0.25) is 0 Å². The second-order valence-corrected chi connectivity index (χ2v) is 5.56. The molecular formula is C15H18N4O2. The van der Waals surface area contributed by atoms with Crippen LogP contribution in [0.15, 0.2) is 29.3 Å². The minimum Gasteiger partial charge on any atom is -0.337 e. The van der Waals surface area contributed by atoms with Crippen LogP contribution in [0.25, 0.3) is 5.65 Å². The highest BCUT2D eigenvalue weighted by Crippen LogP contribution is 2.11. The van der Waals surface area contributed by atoms with Crippen LogP contribution >= 0.6 is 0 Å². The van der Waals surface area contributed by atoms with E-state index in [1.54, 1.807) is 11.1 Å². The van der Waals surface area contributed by atoms with E-state index in [0.29, 0.717) is 18.7 Å². The molecule has 110 valence electrons. The third-order valence-corrected chi connectivity index (χ3v) is 3.84. The van der Waals surface area contributed by atoms with E-state index in [2.05, 4.69) is 4.98 Å². The summed E-state index contributed by atoms with van der Waals surface area (Å²) in [5.74, 6) is -0.280. The number of likely N-dealkylation sites (tertiary alicyclic amines) is 1. The van der Waals surface area contributed by atoms with E-state index in [9.17, 15) is 9.59 Å². The van der Waals surface area contributed by atoms with Gasteiger partial charge in [-0.3, -0.25) is 14.0 Å². The Morgan fingerprint density at radius 3 is 3.05 bits per heavy atom. The van der Waals surface area contributed by atoms with E-state index in [-0.39, 0.29) is 23.1 Å². The summed E-state index contributed by atoms with van der Waals surface area (Å²) < 4.78 is 1.41. The maximum atomic E-state index is 12.5. The van der Waals surface area contributed by atoms with Gasteiger partial charge in [-0.2, -0.15) is 0 Å². The van der Waals surface area contributed by atoms with Crippen molar-refractivity contribution in [3.05, 3.63) is 46.0 Å². The van der Waals surface area contributed by atoms with Crippen molar-refractivity contribution in [3.8, 4) is 0 Å². The zero-order valence-electron chi connectivity index (χ0n) is 12.0. The summed E-state index contributed by atoms with van der Waals surface area (Å²) in [6.07, 6.45) is 4.81. The van der Waals surface area contributed by atoms with Gasteiger partial charge < -0.3 is 10.6 Å². The first kappa shape index (κ1) is 13.8. The predicted octanol–water partition coefficient (Wildman–Crippen LogP) is 0.566. The van der Waals surface area contributed by atoms with E-state index in [1.807, 2.05) is 19.1 Å². The average molecular weight is 286 g/mol. The summed E-state index contributed by atoms with van der Waals surface area (Å²) >= 11 is 0. The Kier molecular flexibility index (Phi) is 3.47. The van der Waals surface area contributed by atoms with Gasteiger partial charge in [0.05, 0.1) is 0 Å². The van der Waals surface area contributed by atoms with Gasteiger partial charge >= 0.3 is 0 Å². The second-order valence-electron chi connectivity index (χ2n) is 5.56. The Balaban J connectivity index is 2.00. The molecular weight excluding hydrogens is 268 g/mol. The molecule has 1 aliphatic heterocycles. The Morgan fingerprint density at radius 1 is 1.48 bits per heavy atom. The second kappa shape index (κ2) is 5.29. The highest BCUT2D eigenvalue weighted by atomic mass is 16.2. The quantitative estimate of drug-likeness (QED) is 0.831. The van der Waals surface area contributed by atoms with Crippen LogP contribution in [0.2, 0.25) is 0 Å². The number of hydrogen-bond donors (Lipinski definition) is 1. The molecule has 6 nitrogen and oxygen atoms in total. The van der Waals surface area contributed by atoms with Crippen LogP contribution in [0.1, 0.15) is 28.8 Å². The van der Waals surface area contributed by atoms with Crippen molar-refractivity contribution in [2.45, 2.75) is 25.8 Å². The van der Waals surface area contributed by atoms with Crippen molar-refractivity contribution < 1.29 is 4.79 Å². The molecule has 0 aliphatic carbocycles. The number of hydrogen-bond acceptors (Lipinski definition) is 4. The number of aryl methyl sites for hydroxylation is 1. The summed E-state index contributed by atoms with van der Waals surface area (Å²) in [6, 6.07) is 3.62. The van der Waals surface area contributed by atoms with E-state index >= 15 is 0 Å². The first-order valence-corrected chi connectivity index (χ1v) is 7.09. The number of nitrogens with zero attached hydrogens (tertiary/aromatic N) is 3. The minimum atomic E-state index is -0.329. The maximum Gasteiger partial charge on any atom is 0.270 e. The fraction of sp³-hybridized carbons (Fsp3) is 0.400. The number of fused-ring (bicyclic) bond motifs is 1. The minimum absolute atomic E-state index is 0.0125. The smallest absolute Gasteiger partial charge is 0.270 e. The Labute approximate surface area is 122 Å². The van der Waals surface area contributed by atoms with E-state index in [0.717, 1.165) is 18.4 Å². The van der Waals surface area contributed by atoms with Gasteiger partial charge in [0, 0.05) is 31.5 Å². The lowest BCUT2D eigenvalue weighted by atomic mass is 10.1. The Hall–Kier alpha value is -2.21. The molecule has 1 aliphatic rings. The zero-order valence-corrected chi connectivity index (χ0v) is 12.0. The molecule has 0 unspecified atom stereocenters. The van der Waals surface area contributed by atoms with E-state index in [1.165, 1.54) is 10.6 Å². The van der Waals surface area contributed by atoms with Crippen molar-refractivity contribution in [2.75, 3.05) is 13.1 Å². The summed E-state index contributed by atoms with van der Waals surface area (Å²) in [7, 11) is 0. The first-order chi connectivity index (χ1) is 10.1. The third kappa shape index (κ3) is 2.54. The van der Waals surface area contributed by atoms with Crippen LogP contribution in [0.3, 0.4) is 0 Å². The summed E-state index contributed by atoms with van der Waals surface area (Å²) in [5.41, 5.74) is 7.23. The van der Waals surface area contributed by atoms with Crippen LogP contribution in [0.5, 0.6) is 0 Å². The van der Waals surface area contributed by atoms with Crippen LogP contribution < -0.4 is 11.3 Å². The molecule has 6 heteroatoms. The molecule has 3 rings (SSSR count). The molecule has 1 amide bonds. The Bertz CT molecular complexity index is 753. The molecule has 0 saturated carbocycles. The van der Waals surface area contributed by atoms with Crippen LogP contribution in [-0.4, -0.2) is 39.3 Å². The number of carbonyl (C=O) groups excluding carboxylic acids is 1. The van der Waals surface area contributed by atoms with Gasteiger partial charge in [-0.05, 0) is 37.5 Å². The van der Waals surface area contributed by atoms with Gasteiger partial charge in [-0.1, -0.05) is 0 Å². The molecule has 3 heterocycles. The number of aromatic nitrogens is 2. The van der Waals surface area contributed by atoms with E-state index in [4.69, 9.17) is 5.73 Å². The Morgan fingerprint density at radius 2 is 2.29 bits per heavy atom. The molecule has 1 fully saturated rings. The average Bonchev–Trinajstić information content (AvgIpc) is 2.47. The van der Waals surface area contributed by atoms with Gasteiger partial charge in [0.15, 0.2) is 0 Å². The number of amides is 1. The fourth-order valence-corrected chi connectivity index (χ4v) is 2.69. The lowest BCUT2D eigenvalue weighted by Gasteiger charge is -2.30. The van der Waals surface area contributed by atoms with Crippen molar-refractivity contribution in [3.63, 3.8) is 0 Å². The highest BCUT2D eigenvalue weighted by molar-refractivity contribution is 5.93. The SMILES string of the molecule is Cc1ccn2c(=O)c(C(=O)N3CCC[C@@H](N)C3)cnc2c1. The molecule has 0 radical (unpaired) electrons. The van der Waals surface area contributed by atoms with Crippen molar-refractivity contribution in [2.24, 2.45) is 5.73 Å². The number of pyridine rings is 1.